The first kappa shape index (κ1) is 13.9. The fraction of sp³-hybridized carbons (Fsp3) is 0.0714. The first-order valence-corrected chi connectivity index (χ1v) is 6.74. The Morgan fingerprint density at radius 3 is 2.53 bits per heavy atom. The number of carboxylic acid groups (broad SMARTS) is 1. The van der Waals surface area contributed by atoms with Crippen molar-refractivity contribution in [2.75, 3.05) is 5.32 Å². The minimum atomic E-state index is -0.999. The number of anilines is 1. The van der Waals surface area contributed by atoms with Gasteiger partial charge in [0.1, 0.15) is 0 Å². The molecule has 0 fully saturated rings. The Labute approximate surface area is 124 Å². The van der Waals surface area contributed by atoms with E-state index in [1.54, 1.807) is 12.1 Å². The maximum Gasteiger partial charge on any atom is 0.337 e. The molecule has 0 radical (unpaired) electrons. The molecule has 0 atom stereocenters. The lowest BCUT2D eigenvalue weighted by Crippen LogP contribution is -2.06. The lowest BCUT2D eigenvalue weighted by atomic mass is 10.1. The van der Waals surface area contributed by atoms with Crippen molar-refractivity contribution < 1.29 is 9.90 Å². The molecular weight excluding hydrogens is 330 g/mol. The van der Waals surface area contributed by atoms with E-state index in [1.807, 2.05) is 24.3 Å². The van der Waals surface area contributed by atoms with Gasteiger partial charge in [0.05, 0.1) is 5.56 Å². The molecule has 0 heterocycles. The fourth-order valence-electron chi connectivity index (χ4n) is 1.65. The molecule has 0 aliphatic heterocycles. The highest BCUT2D eigenvalue weighted by Gasteiger charge is 2.10. The molecule has 0 saturated carbocycles. The Bertz CT molecular complexity index is 599. The maximum atomic E-state index is 11.1. The van der Waals surface area contributed by atoms with Crippen LogP contribution in [0.1, 0.15) is 15.9 Å². The van der Waals surface area contributed by atoms with Gasteiger partial charge in [-0.1, -0.05) is 39.7 Å². The smallest absolute Gasteiger partial charge is 0.337 e. The topological polar surface area (TPSA) is 49.3 Å². The van der Waals surface area contributed by atoms with Crippen LogP contribution in [0.2, 0.25) is 5.02 Å². The van der Waals surface area contributed by atoms with E-state index in [1.165, 1.54) is 6.07 Å². The summed E-state index contributed by atoms with van der Waals surface area (Å²) < 4.78 is 1.01. The third-order valence-electron chi connectivity index (χ3n) is 2.61. The van der Waals surface area contributed by atoms with Crippen LogP contribution in [-0.2, 0) is 6.54 Å². The Morgan fingerprint density at radius 1 is 1.21 bits per heavy atom. The van der Waals surface area contributed by atoms with Crippen LogP contribution in [0.15, 0.2) is 46.9 Å². The molecular formula is C14H11BrClNO2. The van der Waals surface area contributed by atoms with E-state index >= 15 is 0 Å². The molecule has 0 bridgehead atoms. The van der Waals surface area contributed by atoms with Crippen LogP contribution in [0.5, 0.6) is 0 Å². The van der Waals surface area contributed by atoms with Crippen molar-refractivity contribution in [1.29, 1.82) is 0 Å². The second-order valence-corrected chi connectivity index (χ2v) is 5.33. The maximum absolute atomic E-state index is 11.1. The van der Waals surface area contributed by atoms with Crippen LogP contribution >= 0.6 is 27.5 Å². The Balaban J connectivity index is 2.15. The van der Waals surface area contributed by atoms with Crippen molar-refractivity contribution in [3.63, 3.8) is 0 Å². The summed E-state index contributed by atoms with van der Waals surface area (Å²) in [4.78, 5) is 11.1. The summed E-state index contributed by atoms with van der Waals surface area (Å²) >= 11 is 9.17. The molecule has 0 aliphatic carbocycles. The minimum absolute atomic E-state index is 0.171. The van der Waals surface area contributed by atoms with Gasteiger partial charge in [-0.3, -0.25) is 0 Å². The molecule has 0 unspecified atom stereocenters. The first-order valence-electron chi connectivity index (χ1n) is 5.57. The van der Waals surface area contributed by atoms with Gasteiger partial charge in [0.2, 0.25) is 0 Å². The summed E-state index contributed by atoms with van der Waals surface area (Å²) in [6, 6.07) is 12.6. The summed E-state index contributed by atoms with van der Waals surface area (Å²) in [7, 11) is 0. The lowest BCUT2D eigenvalue weighted by Gasteiger charge is -2.10. The molecule has 5 heteroatoms. The van der Waals surface area contributed by atoms with Crippen molar-refractivity contribution in [3.8, 4) is 0 Å². The normalized spacial score (nSPS) is 10.2. The summed E-state index contributed by atoms with van der Waals surface area (Å²) in [6.07, 6.45) is 0. The first-order chi connectivity index (χ1) is 9.06. The van der Waals surface area contributed by atoms with Crippen LogP contribution in [0.4, 0.5) is 5.69 Å². The third kappa shape index (κ3) is 3.72. The number of carbonyl (C=O) groups is 1. The third-order valence-corrected chi connectivity index (χ3v) is 3.37. The number of hydrogen-bond acceptors (Lipinski definition) is 2. The van der Waals surface area contributed by atoms with Gasteiger partial charge in [-0.2, -0.15) is 0 Å². The molecule has 2 aromatic carbocycles. The number of carboxylic acids is 1. The lowest BCUT2D eigenvalue weighted by molar-refractivity contribution is 0.0698. The van der Waals surface area contributed by atoms with Gasteiger partial charge < -0.3 is 10.4 Å². The zero-order chi connectivity index (χ0) is 13.8. The summed E-state index contributed by atoms with van der Waals surface area (Å²) in [5.74, 6) is -0.999. The zero-order valence-electron chi connectivity index (χ0n) is 9.86. The van der Waals surface area contributed by atoms with E-state index in [0.29, 0.717) is 17.3 Å². The highest BCUT2D eigenvalue weighted by molar-refractivity contribution is 9.10. The molecule has 0 spiro atoms. The van der Waals surface area contributed by atoms with Crippen LogP contribution in [0, 0.1) is 0 Å². The quantitative estimate of drug-likeness (QED) is 0.866. The molecule has 2 rings (SSSR count). The van der Waals surface area contributed by atoms with Crippen molar-refractivity contribution in [2.45, 2.75) is 6.54 Å². The van der Waals surface area contributed by atoms with E-state index in [9.17, 15) is 4.79 Å². The molecule has 0 aromatic heterocycles. The van der Waals surface area contributed by atoms with Crippen LogP contribution in [0.25, 0.3) is 0 Å². The molecule has 3 nitrogen and oxygen atoms in total. The van der Waals surface area contributed by atoms with Crippen molar-refractivity contribution >= 4 is 39.2 Å². The predicted molar refractivity (Wildman–Crippen MR) is 79.9 cm³/mol. The number of nitrogens with one attached hydrogen (secondary N) is 1. The van der Waals surface area contributed by atoms with Crippen LogP contribution in [-0.4, -0.2) is 11.1 Å². The largest absolute Gasteiger partial charge is 0.478 e. The van der Waals surface area contributed by atoms with Gasteiger partial charge in [0.15, 0.2) is 0 Å². The minimum Gasteiger partial charge on any atom is -0.478 e. The molecule has 0 amide bonds. The molecule has 2 aromatic rings. The number of rotatable bonds is 4. The van der Waals surface area contributed by atoms with E-state index in [-0.39, 0.29) is 5.56 Å². The predicted octanol–water partition coefficient (Wildman–Crippen LogP) is 4.41. The number of hydrogen-bond donors (Lipinski definition) is 2. The Hall–Kier alpha value is -1.52. The molecule has 0 saturated heterocycles. The Morgan fingerprint density at radius 2 is 1.89 bits per heavy atom. The highest BCUT2D eigenvalue weighted by atomic mass is 79.9. The second-order valence-electron chi connectivity index (χ2n) is 3.98. The molecule has 19 heavy (non-hydrogen) atoms. The van der Waals surface area contributed by atoms with Gasteiger partial charge in [-0.15, -0.1) is 0 Å². The van der Waals surface area contributed by atoms with Gasteiger partial charge in [0.25, 0.3) is 0 Å². The van der Waals surface area contributed by atoms with E-state index in [0.717, 1.165) is 10.0 Å². The van der Waals surface area contributed by atoms with E-state index in [4.69, 9.17) is 16.7 Å². The average Bonchev–Trinajstić information content (AvgIpc) is 2.39. The molecule has 2 N–H and O–H groups in total. The van der Waals surface area contributed by atoms with Crippen molar-refractivity contribution in [2.24, 2.45) is 0 Å². The number of aromatic carboxylic acids is 1. The summed E-state index contributed by atoms with van der Waals surface area (Å²) in [5, 5.41) is 12.6. The standard InChI is InChI=1S/C14H11BrClNO2/c15-10-3-1-9(2-4-10)8-17-13-6-5-11(16)7-12(13)14(18)19/h1-7,17H,8H2,(H,18,19). The number of benzene rings is 2. The Kier molecular flexibility index (Phi) is 4.45. The van der Waals surface area contributed by atoms with Gasteiger partial charge in [0, 0.05) is 21.7 Å². The van der Waals surface area contributed by atoms with E-state index in [2.05, 4.69) is 21.2 Å². The zero-order valence-corrected chi connectivity index (χ0v) is 12.2. The highest BCUT2D eigenvalue weighted by Crippen LogP contribution is 2.21. The van der Waals surface area contributed by atoms with Crippen molar-refractivity contribution in [1.82, 2.24) is 0 Å². The summed E-state index contributed by atoms with van der Waals surface area (Å²) in [6.45, 7) is 0.551. The summed E-state index contributed by atoms with van der Waals surface area (Å²) in [5.41, 5.74) is 1.79. The average molecular weight is 341 g/mol. The fourth-order valence-corrected chi connectivity index (χ4v) is 2.08. The van der Waals surface area contributed by atoms with Gasteiger partial charge in [-0.05, 0) is 35.9 Å². The van der Waals surface area contributed by atoms with Gasteiger partial charge in [-0.25, -0.2) is 4.79 Å². The monoisotopic (exact) mass is 339 g/mol. The van der Waals surface area contributed by atoms with E-state index < -0.39 is 5.97 Å². The molecule has 98 valence electrons. The number of halogens is 2. The van der Waals surface area contributed by atoms with Crippen LogP contribution < -0.4 is 5.32 Å². The molecule has 0 aliphatic rings. The SMILES string of the molecule is O=C(O)c1cc(Cl)ccc1NCc1ccc(Br)cc1. The van der Waals surface area contributed by atoms with Crippen molar-refractivity contribution in [3.05, 3.63) is 63.1 Å². The second kappa shape index (κ2) is 6.08. The van der Waals surface area contributed by atoms with Crippen LogP contribution in [0.3, 0.4) is 0 Å². The van der Waals surface area contributed by atoms with Gasteiger partial charge >= 0.3 is 5.97 Å².